The number of carbonyl (C=O) groups excluding carboxylic acids is 1. The van der Waals surface area contributed by atoms with Crippen molar-refractivity contribution in [3.8, 4) is 11.5 Å². The highest BCUT2D eigenvalue weighted by Gasteiger charge is 2.13. The summed E-state index contributed by atoms with van der Waals surface area (Å²) >= 11 is 0. The van der Waals surface area contributed by atoms with Gasteiger partial charge in [-0.15, -0.1) is 0 Å². The fourth-order valence-corrected chi connectivity index (χ4v) is 2.34. The summed E-state index contributed by atoms with van der Waals surface area (Å²) in [6.07, 6.45) is 0.306. The van der Waals surface area contributed by atoms with Gasteiger partial charge in [-0.3, -0.25) is 9.89 Å². The molecule has 0 bridgehead atoms. The summed E-state index contributed by atoms with van der Waals surface area (Å²) in [5, 5.41) is 9.88. The van der Waals surface area contributed by atoms with E-state index >= 15 is 0 Å². The van der Waals surface area contributed by atoms with Gasteiger partial charge in [0.05, 0.1) is 26.3 Å². The molecule has 2 aromatic rings. The number of benzene rings is 1. The third-order valence-corrected chi connectivity index (χ3v) is 3.58. The maximum Gasteiger partial charge on any atom is 0.224 e. The van der Waals surface area contributed by atoms with Gasteiger partial charge in [0.25, 0.3) is 0 Å². The lowest BCUT2D eigenvalue weighted by Crippen LogP contribution is -2.25. The number of rotatable bonds is 6. The Labute approximate surface area is 129 Å². The van der Waals surface area contributed by atoms with Crippen molar-refractivity contribution in [1.82, 2.24) is 15.5 Å². The van der Waals surface area contributed by atoms with Crippen LogP contribution in [0.3, 0.4) is 0 Å². The van der Waals surface area contributed by atoms with Gasteiger partial charge in [0, 0.05) is 23.4 Å². The van der Waals surface area contributed by atoms with Crippen molar-refractivity contribution in [2.24, 2.45) is 0 Å². The molecule has 118 valence electrons. The highest BCUT2D eigenvalue weighted by Crippen LogP contribution is 2.30. The average molecular weight is 303 g/mol. The fourth-order valence-electron chi connectivity index (χ4n) is 2.34. The van der Waals surface area contributed by atoms with E-state index in [-0.39, 0.29) is 5.91 Å². The van der Waals surface area contributed by atoms with E-state index in [1.165, 1.54) is 0 Å². The summed E-state index contributed by atoms with van der Waals surface area (Å²) < 4.78 is 10.6. The van der Waals surface area contributed by atoms with Gasteiger partial charge < -0.3 is 14.8 Å². The van der Waals surface area contributed by atoms with Gasteiger partial charge in [-0.05, 0) is 19.9 Å². The van der Waals surface area contributed by atoms with Crippen LogP contribution in [-0.4, -0.2) is 30.3 Å². The van der Waals surface area contributed by atoms with Crippen LogP contribution in [0.5, 0.6) is 11.5 Å². The summed E-state index contributed by atoms with van der Waals surface area (Å²) in [5.74, 6) is 1.23. The molecule has 1 amide bonds. The maximum atomic E-state index is 12.1. The molecule has 1 heterocycles. The molecule has 0 saturated carbocycles. The van der Waals surface area contributed by atoms with E-state index in [0.717, 1.165) is 22.5 Å². The van der Waals surface area contributed by atoms with E-state index in [1.807, 2.05) is 32.0 Å². The number of amides is 1. The molecule has 0 spiro atoms. The molecular formula is C16H21N3O3. The molecule has 0 radical (unpaired) electrons. The van der Waals surface area contributed by atoms with Crippen LogP contribution in [0.4, 0.5) is 0 Å². The van der Waals surface area contributed by atoms with Crippen LogP contribution in [-0.2, 0) is 17.8 Å². The van der Waals surface area contributed by atoms with Gasteiger partial charge in [-0.25, -0.2) is 0 Å². The lowest BCUT2D eigenvalue weighted by molar-refractivity contribution is -0.120. The van der Waals surface area contributed by atoms with E-state index < -0.39 is 0 Å². The van der Waals surface area contributed by atoms with Gasteiger partial charge >= 0.3 is 0 Å². The zero-order valence-corrected chi connectivity index (χ0v) is 13.3. The summed E-state index contributed by atoms with van der Waals surface area (Å²) in [6.45, 7) is 4.18. The Balaban J connectivity index is 2.03. The molecule has 1 aromatic heterocycles. The Morgan fingerprint density at radius 3 is 2.64 bits per heavy atom. The normalized spacial score (nSPS) is 10.4. The average Bonchev–Trinajstić information content (AvgIpc) is 2.84. The number of H-pyrrole nitrogens is 1. The Morgan fingerprint density at radius 2 is 2.05 bits per heavy atom. The number of aryl methyl sites for hydroxylation is 2. The highest BCUT2D eigenvalue weighted by atomic mass is 16.5. The number of ether oxygens (including phenoxy) is 2. The molecule has 6 heteroatoms. The number of methoxy groups -OCH3 is 2. The zero-order chi connectivity index (χ0) is 16.1. The van der Waals surface area contributed by atoms with Gasteiger partial charge in [-0.1, -0.05) is 12.1 Å². The van der Waals surface area contributed by atoms with Crippen molar-refractivity contribution in [3.05, 3.63) is 40.7 Å². The molecule has 0 aliphatic heterocycles. The first-order valence-electron chi connectivity index (χ1n) is 7.03. The largest absolute Gasteiger partial charge is 0.493 e. The van der Waals surface area contributed by atoms with E-state index in [4.69, 9.17) is 9.47 Å². The quantitative estimate of drug-likeness (QED) is 0.854. The van der Waals surface area contributed by atoms with E-state index in [9.17, 15) is 4.79 Å². The monoisotopic (exact) mass is 303 g/mol. The van der Waals surface area contributed by atoms with E-state index in [1.54, 1.807) is 14.2 Å². The zero-order valence-electron chi connectivity index (χ0n) is 13.3. The predicted molar refractivity (Wildman–Crippen MR) is 83.2 cm³/mol. The second kappa shape index (κ2) is 6.98. The van der Waals surface area contributed by atoms with Crippen molar-refractivity contribution in [3.63, 3.8) is 0 Å². The number of carbonyl (C=O) groups is 1. The first kappa shape index (κ1) is 15.9. The van der Waals surface area contributed by atoms with Gasteiger partial charge in [-0.2, -0.15) is 5.10 Å². The minimum Gasteiger partial charge on any atom is -0.493 e. The number of aromatic nitrogens is 2. The molecular weight excluding hydrogens is 282 g/mol. The lowest BCUT2D eigenvalue weighted by Gasteiger charge is -2.13. The van der Waals surface area contributed by atoms with Crippen LogP contribution < -0.4 is 14.8 Å². The number of para-hydroxylation sites is 1. The molecule has 2 rings (SSSR count). The van der Waals surface area contributed by atoms with Crippen molar-refractivity contribution < 1.29 is 14.3 Å². The summed E-state index contributed by atoms with van der Waals surface area (Å²) in [5.41, 5.74) is 3.59. The summed E-state index contributed by atoms with van der Waals surface area (Å²) in [6, 6.07) is 5.59. The van der Waals surface area contributed by atoms with Gasteiger partial charge in [0.2, 0.25) is 5.91 Å². The SMILES string of the molecule is COc1cccc(CNC(=O)Cc2c(C)n[nH]c2C)c1OC. The van der Waals surface area contributed by atoms with E-state index in [2.05, 4.69) is 15.5 Å². The van der Waals surface area contributed by atoms with Crippen LogP contribution in [0.2, 0.25) is 0 Å². The molecule has 2 N–H and O–H groups in total. The van der Waals surface area contributed by atoms with Gasteiger partial charge in [0.1, 0.15) is 0 Å². The molecule has 0 fully saturated rings. The second-order valence-electron chi connectivity index (χ2n) is 5.02. The first-order chi connectivity index (χ1) is 10.6. The topological polar surface area (TPSA) is 76.2 Å². The molecule has 0 unspecified atom stereocenters. The maximum absolute atomic E-state index is 12.1. The summed E-state index contributed by atoms with van der Waals surface area (Å²) in [7, 11) is 3.17. The number of nitrogens with one attached hydrogen (secondary N) is 2. The van der Waals surface area contributed by atoms with Crippen LogP contribution in [0.1, 0.15) is 22.5 Å². The second-order valence-corrected chi connectivity index (χ2v) is 5.02. The molecule has 6 nitrogen and oxygen atoms in total. The fraction of sp³-hybridized carbons (Fsp3) is 0.375. The van der Waals surface area contributed by atoms with Crippen LogP contribution >= 0.6 is 0 Å². The summed E-state index contributed by atoms with van der Waals surface area (Å²) in [4.78, 5) is 12.1. The number of aromatic amines is 1. The molecule has 1 aromatic carbocycles. The molecule has 0 aliphatic rings. The molecule has 0 atom stereocenters. The molecule has 0 saturated heterocycles. The van der Waals surface area contributed by atoms with Crippen molar-refractivity contribution in [2.75, 3.05) is 14.2 Å². The highest BCUT2D eigenvalue weighted by molar-refractivity contribution is 5.79. The first-order valence-corrected chi connectivity index (χ1v) is 7.03. The smallest absolute Gasteiger partial charge is 0.224 e. The number of nitrogens with zero attached hydrogens (tertiary/aromatic N) is 1. The number of hydrogen-bond donors (Lipinski definition) is 2. The lowest BCUT2D eigenvalue weighted by atomic mass is 10.1. The Kier molecular flexibility index (Phi) is 5.04. The van der Waals surface area contributed by atoms with Crippen molar-refractivity contribution in [2.45, 2.75) is 26.8 Å². The van der Waals surface area contributed by atoms with Crippen molar-refractivity contribution in [1.29, 1.82) is 0 Å². The standard InChI is InChI=1S/C16H21N3O3/c1-10-13(11(2)19-18-10)8-15(20)17-9-12-6-5-7-14(21-3)16(12)22-4/h5-7H,8-9H2,1-4H3,(H,17,20)(H,18,19). The van der Waals surface area contributed by atoms with Crippen LogP contribution in [0, 0.1) is 13.8 Å². The minimum atomic E-state index is -0.0579. The number of hydrogen-bond acceptors (Lipinski definition) is 4. The minimum absolute atomic E-state index is 0.0579. The third-order valence-electron chi connectivity index (χ3n) is 3.58. The van der Waals surface area contributed by atoms with Crippen LogP contribution in [0.25, 0.3) is 0 Å². The van der Waals surface area contributed by atoms with Gasteiger partial charge in [0.15, 0.2) is 11.5 Å². The van der Waals surface area contributed by atoms with E-state index in [0.29, 0.717) is 24.5 Å². The third kappa shape index (κ3) is 3.39. The Morgan fingerprint density at radius 1 is 1.27 bits per heavy atom. The predicted octanol–water partition coefficient (Wildman–Crippen LogP) is 1.90. The van der Waals surface area contributed by atoms with Crippen LogP contribution in [0.15, 0.2) is 18.2 Å². The molecule has 0 aliphatic carbocycles. The van der Waals surface area contributed by atoms with Crippen molar-refractivity contribution >= 4 is 5.91 Å². The molecule has 22 heavy (non-hydrogen) atoms. The Hall–Kier alpha value is -2.50. The Bertz CT molecular complexity index is 645.